The van der Waals surface area contributed by atoms with Crippen molar-refractivity contribution < 1.29 is 9.90 Å². The second kappa shape index (κ2) is 4.89. The third-order valence-electron chi connectivity index (χ3n) is 2.19. The molecule has 0 saturated carbocycles. The molecule has 0 amide bonds. The topological polar surface area (TPSA) is 53.4 Å². The smallest absolute Gasteiger partial charge is 0.337 e. The zero-order chi connectivity index (χ0) is 12.4. The molecule has 0 bridgehead atoms. The Morgan fingerprint density at radius 1 is 1.59 bits per heavy atom. The van der Waals surface area contributed by atoms with Crippen LogP contribution in [-0.2, 0) is 4.79 Å². The van der Waals surface area contributed by atoms with Gasteiger partial charge in [0.1, 0.15) is 0 Å². The van der Waals surface area contributed by atoms with Crippen LogP contribution in [0.2, 0.25) is 5.02 Å². The number of carbonyl (C=O) groups is 1. The fourth-order valence-corrected chi connectivity index (χ4v) is 2.22. The molecular formula is C11H8BrClN2O2. The van der Waals surface area contributed by atoms with Crippen LogP contribution in [0.4, 0.5) is 5.82 Å². The summed E-state index contributed by atoms with van der Waals surface area (Å²) in [6, 6.07) is 3.44. The Balaban J connectivity index is 2.39. The number of aliphatic carboxylic acids is 1. The Bertz CT molecular complexity index is 528. The summed E-state index contributed by atoms with van der Waals surface area (Å²) < 4.78 is 0.763. The minimum absolute atomic E-state index is 0.185. The standard InChI is InChI=1S/C11H8BrClN2O2/c12-8-4-7(11(16)17)5-15(6-8)10-9(13)2-1-3-14-10/h1-5H,6H2,(H,16,17). The SMILES string of the molecule is O=C(O)C1=CN(c2ncccc2Cl)CC(Br)=C1. The van der Waals surface area contributed by atoms with Crippen molar-refractivity contribution in [3.63, 3.8) is 0 Å². The number of rotatable bonds is 2. The van der Waals surface area contributed by atoms with E-state index in [0.29, 0.717) is 17.4 Å². The van der Waals surface area contributed by atoms with Gasteiger partial charge in [-0.15, -0.1) is 0 Å². The summed E-state index contributed by atoms with van der Waals surface area (Å²) in [6.07, 6.45) is 4.69. The Kier molecular flexibility index (Phi) is 3.49. The van der Waals surface area contributed by atoms with Crippen molar-refractivity contribution in [2.75, 3.05) is 11.4 Å². The third kappa shape index (κ3) is 2.68. The van der Waals surface area contributed by atoms with Crippen molar-refractivity contribution in [3.8, 4) is 0 Å². The Labute approximate surface area is 111 Å². The molecule has 2 rings (SSSR count). The van der Waals surface area contributed by atoms with Crippen molar-refractivity contribution in [2.24, 2.45) is 0 Å². The van der Waals surface area contributed by atoms with E-state index < -0.39 is 5.97 Å². The van der Waals surface area contributed by atoms with Crippen LogP contribution < -0.4 is 4.90 Å². The van der Waals surface area contributed by atoms with Gasteiger partial charge in [-0.05, 0) is 18.2 Å². The van der Waals surface area contributed by atoms with Crippen molar-refractivity contribution in [3.05, 3.63) is 45.7 Å². The molecule has 0 spiro atoms. The highest BCUT2D eigenvalue weighted by Crippen LogP contribution is 2.28. The third-order valence-corrected chi connectivity index (χ3v) is 2.96. The van der Waals surface area contributed by atoms with Crippen molar-refractivity contribution >= 4 is 39.3 Å². The molecule has 0 aromatic carbocycles. The molecule has 1 aromatic heterocycles. The lowest BCUT2D eigenvalue weighted by Crippen LogP contribution is -2.24. The molecule has 17 heavy (non-hydrogen) atoms. The van der Waals surface area contributed by atoms with E-state index in [0.717, 1.165) is 4.48 Å². The molecule has 2 heterocycles. The van der Waals surface area contributed by atoms with Crippen LogP contribution in [0.25, 0.3) is 0 Å². The number of carboxylic acid groups (broad SMARTS) is 1. The molecule has 0 saturated heterocycles. The maximum atomic E-state index is 10.9. The molecule has 1 N–H and O–H groups in total. The molecule has 0 unspecified atom stereocenters. The van der Waals surface area contributed by atoms with E-state index in [1.165, 1.54) is 6.20 Å². The zero-order valence-corrected chi connectivity index (χ0v) is 10.9. The molecule has 1 aliphatic rings. The van der Waals surface area contributed by atoms with Gasteiger partial charge in [-0.2, -0.15) is 0 Å². The molecule has 1 aromatic rings. The average Bonchev–Trinajstić information content (AvgIpc) is 2.28. The number of pyridine rings is 1. The second-order valence-electron chi connectivity index (χ2n) is 3.42. The number of carboxylic acids is 1. The fourth-order valence-electron chi connectivity index (χ4n) is 1.47. The lowest BCUT2D eigenvalue weighted by molar-refractivity contribution is -0.132. The quantitative estimate of drug-likeness (QED) is 0.912. The molecule has 0 fully saturated rings. The Morgan fingerprint density at radius 2 is 2.35 bits per heavy atom. The van der Waals surface area contributed by atoms with Gasteiger partial charge in [0, 0.05) is 16.9 Å². The first-order chi connectivity index (χ1) is 8.08. The summed E-state index contributed by atoms with van der Waals surface area (Å²) >= 11 is 9.32. The summed E-state index contributed by atoms with van der Waals surface area (Å²) in [7, 11) is 0. The van der Waals surface area contributed by atoms with Crippen LogP contribution in [0.1, 0.15) is 0 Å². The molecular weight excluding hydrogens is 307 g/mol. The van der Waals surface area contributed by atoms with Gasteiger partial charge in [0.2, 0.25) is 0 Å². The van der Waals surface area contributed by atoms with Gasteiger partial charge >= 0.3 is 5.97 Å². The number of hydrogen-bond donors (Lipinski definition) is 1. The largest absolute Gasteiger partial charge is 0.478 e. The van der Waals surface area contributed by atoms with E-state index >= 15 is 0 Å². The van der Waals surface area contributed by atoms with Gasteiger partial charge in [0.05, 0.1) is 17.1 Å². The van der Waals surface area contributed by atoms with E-state index in [1.54, 1.807) is 29.3 Å². The summed E-state index contributed by atoms with van der Waals surface area (Å²) in [5.41, 5.74) is 0.185. The monoisotopic (exact) mass is 314 g/mol. The van der Waals surface area contributed by atoms with Crippen LogP contribution in [0, 0.1) is 0 Å². The number of hydrogen-bond acceptors (Lipinski definition) is 3. The van der Waals surface area contributed by atoms with Crippen LogP contribution >= 0.6 is 27.5 Å². The molecule has 0 aliphatic carbocycles. The predicted octanol–water partition coefficient (Wildman–Crippen LogP) is 2.80. The number of nitrogens with zero attached hydrogens (tertiary/aromatic N) is 2. The van der Waals surface area contributed by atoms with Crippen molar-refractivity contribution in [1.29, 1.82) is 0 Å². The molecule has 1 aliphatic heterocycles. The van der Waals surface area contributed by atoms with E-state index in [2.05, 4.69) is 20.9 Å². The van der Waals surface area contributed by atoms with Crippen LogP contribution in [0.15, 0.2) is 40.7 Å². The van der Waals surface area contributed by atoms with Gasteiger partial charge in [-0.1, -0.05) is 27.5 Å². The van der Waals surface area contributed by atoms with Gasteiger partial charge < -0.3 is 10.0 Å². The van der Waals surface area contributed by atoms with Crippen molar-refractivity contribution in [1.82, 2.24) is 4.98 Å². The maximum Gasteiger partial charge on any atom is 0.337 e. The van der Waals surface area contributed by atoms with Gasteiger partial charge in [-0.25, -0.2) is 9.78 Å². The minimum Gasteiger partial charge on any atom is -0.478 e. The van der Waals surface area contributed by atoms with Crippen LogP contribution in [0.5, 0.6) is 0 Å². The highest BCUT2D eigenvalue weighted by molar-refractivity contribution is 9.11. The summed E-state index contributed by atoms with van der Waals surface area (Å²) in [4.78, 5) is 16.8. The number of anilines is 1. The molecule has 0 radical (unpaired) electrons. The Hall–Kier alpha value is -1.33. The summed E-state index contributed by atoms with van der Waals surface area (Å²) in [6.45, 7) is 0.507. The summed E-state index contributed by atoms with van der Waals surface area (Å²) in [5.74, 6) is -0.448. The molecule has 6 heteroatoms. The second-order valence-corrected chi connectivity index (χ2v) is 4.84. The maximum absolute atomic E-state index is 10.9. The summed E-state index contributed by atoms with van der Waals surface area (Å²) in [5, 5.41) is 9.46. The molecule has 88 valence electrons. The normalized spacial score (nSPS) is 15.3. The van der Waals surface area contributed by atoms with Gasteiger partial charge in [0.15, 0.2) is 5.82 Å². The van der Waals surface area contributed by atoms with Gasteiger partial charge in [0.25, 0.3) is 0 Å². The predicted molar refractivity (Wildman–Crippen MR) is 69.3 cm³/mol. The van der Waals surface area contributed by atoms with E-state index in [1.807, 2.05) is 0 Å². The molecule has 4 nitrogen and oxygen atoms in total. The number of aromatic nitrogens is 1. The average molecular weight is 316 g/mol. The van der Waals surface area contributed by atoms with E-state index in [4.69, 9.17) is 16.7 Å². The number of halogens is 2. The highest BCUT2D eigenvalue weighted by Gasteiger charge is 2.18. The zero-order valence-electron chi connectivity index (χ0n) is 8.60. The Morgan fingerprint density at radius 3 is 3.00 bits per heavy atom. The van der Waals surface area contributed by atoms with E-state index in [-0.39, 0.29) is 5.57 Å². The minimum atomic E-state index is -0.987. The van der Waals surface area contributed by atoms with Crippen LogP contribution in [-0.4, -0.2) is 22.6 Å². The first kappa shape index (κ1) is 12.1. The van der Waals surface area contributed by atoms with E-state index in [9.17, 15) is 4.79 Å². The van der Waals surface area contributed by atoms with Crippen molar-refractivity contribution in [2.45, 2.75) is 0 Å². The first-order valence-electron chi connectivity index (χ1n) is 4.76. The lowest BCUT2D eigenvalue weighted by atomic mass is 10.2. The van der Waals surface area contributed by atoms with Gasteiger partial charge in [-0.3, -0.25) is 0 Å². The highest BCUT2D eigenvalue weighted by atomic mass is 79.9. The molecule has 0 atom stereocenters. The fraction of sp³-hybridized carbons (Fsp3) is 0.0909. The van der Waals surface area contributed by atoms with Crippen LogP contribution in [0.3, 0.4) is 0 Å². The first-order valence-corrected chi connectivity index (χ1v) is 5.93. The lowest BCUT2D eigenvalue weighted by Gasteiger charge is -2.23.